The Morgan fingerprint density at radius 3 is 2.65 bits per heavy atom. The highest BCUT2D eigenvalue weighted by Gasteiger charge is 2.28. The first kappa shape index (κ1) is 14.0. The fraction of sp³-hybridized carbons (Fsp3) is 0.833. The van der Waals surface area contributed by atoms with E-state index in [9.17, 15) is 9.59 Å². The van der Waals surface area contributed by atoms with Gasteiger partial charge < -0.3 is 15.3 Å². The van der Waals surface area contributed by atoms with E-state index in [1.54, 1.807) is 11.8 Å². The summed E-state index contributed by atoms with van der Waals surface area (Å²) in [5.74, 6) is -0.818. The molecule has 2 unspecified atom stereocenters. The Labute approximate surface area is 102 Å². The highest BCUT2D eigenvalue weighted by Crippen LogP contribution is 2.13. The van der Waals surface area contributed by atoms with Crippen LogP contribution in [0.1, 0.15) is 39.5 Å². The van der Waals surface area contributed by atoms with Gasteiger partial charge in [0.2, 0.25) is 5.91 Å². The van der Waals surface area contributed by atoms with Crippen molar-refractivity contribution in [2.75, 3.05) is 13.1 Å². The van der Waals surface area contributed by atoms with Crippen molar-refractivity contribution < 1.29 is 14.7 Å². The quantitative estimate of drug-likeness (QED) is 0.749. The number of likely N-dealkylation sites (N-methyl/N-ethyl adjacent to an activating group) is 1. The highest BCUT2D eigenvalue weighted by atomic mass is 16.4. The van der Waals surface area contributed by atoms with Crippen molar-refractivity contribution >= 4 is 11.9 Å². The summed E-state index contributed by atoms with van der Waals surface area (Å²) in [4.78, 5) is 24.6. The molecule has 1 aliphatic heterocycles. The molecule has 0 aliphatic carbocycles. The number of nitrogens with zero attached hydrogens (tertiary/aromatic N) is 1. The topological polar surface area (TPSA) is 69.6 Å². The molecule has 5 nitrogen and oxygen atoms in total. The molecule has 5 heteroatoms. The van der Waals surface area contributed by atoms with Crippen LogP contribution in [0.3, 0.4) is 0 Å². The summed E-state index contributed by atoms with van der Waals surface area (Å²) in [5.41, 5.74) is 0. The van der Waals surface area contributed by atoms with Crippen LogP contribution in [0.5, 0.6) is 0 Å². The Hall–Kier alpha value is -1.10. The minimum atomic E-state index is -0.861. The zero-order chi connectivity index (χ0) is 12.8. The van der Waals surface area contributed by atoms with Crippen LogP contribution < -0.4 is 5.32 Å². The number of nitrogens with one attached hydrogen (secondary N) is 1. The van der Waals surface area contributed by atoms with E-state index in [1.807, 2.05) is 6.92 Å². The number of carbonyl (C=O) groups is 2. The van der Waals surface area contributed by atoms with Crippen molar-refractivity contribution in [1.29, 1.82) is 0 Å². The predicted octanol–water partition coefficient (Wildman–Crippen LogP) is 0.840. The Bertz CT molecular complexity index is 275. The SMILES string of the molecule is CCN(C(=O)C1CCCCN1)C(C)CC(=O)O. The van der Waals surface area contributed by atoms with Gasteiger partial charge in [-0.1, -0.05) is 6.42 Å². The van der Waals surface area contributed by atoms with E-state index in [-0.39, 0.29) is 24.4 Å². The van der Waals surface area contributed by atoms with Crippen LogP contribution in [0.4, 0.5) is 0 Å². The number of carboxylic acid groups (broad SMARTS) is 1. The molecule has 0 spiro atoms. The van der Waals surface area contributed by atoms with Crippen LogP contribution in [-0.2, 0) is 9.59 Å². The lowest BCUT2D eigenvalue weighted by Crippen LogP contribution is -2.51. The fourth-order valence-corrected chi connectivity index (χ4v) is 2.31. The van der Waals surface area contributed by atoms with Gasteiger partial charge >= 0.3 is 5.97 Å². The van der Waals surface area contributed by atoms with Crippen molar-refractivity contribution in [1.82, 2.24) is 10.2 Å². The van der Waals surface area contributed by atoms with E-state index in [4.69, 9.17) is 5.11 Å². The van der Waals surface area contributed by atoms with Gasteiger partial charge in [-0.15, -0.1) is 0 Å². The van der Waals surface area contributed by atoms with Gasteiger partial charge in [0.15, 0.2) is 0 Å². The van der Waals surface area contributed by atoms with Gasteiger partial charge in [-0.3, -0.25) is 9.59 Å². The summed E-state index contributed by atoms with van der Waals surface area (Å²) in [5, 5.41) is 12.0. The van der Waals surface area contributed by atoms with Gasteiger partial charge in [-0.25, -0.2) is 0 Å². The van der Waals surface area contributed by atoms with Gasteiger partial charge in [0, 0.05) is 12.6 Å². The molecule has 0 saturated carbocycles. The van der Waals surface area contributed by atoms with Crippen LogP contribution in [0, 0.1) is 0 Å². The van der Waals surface area contributed by atoms with E-state index in [0.29, 0.717) is 6.54 Å². The molecule has 0 bridgehead atoms. The predicted molar refractivity (Wildman–Crippen MR) is 64.7 cm³/mol. The minimum absolute atomic E-state index is 0.00625. The zero-order valence-corrected chi connectivity index (χ0v) is 10.6. The van der Waals surface area contributed by atoms with E-state index in [2.05, 4.69) is 5.32 Å². The first-order valence-corrected chi connectivity index (χ1v) is 6.32. The average molecular weight is 242 g/mol. The molecule has 1 amide bonds. The van der Waals surface area contributed by atoms with Crippen molar-refractivity contribution in [2.24, 2.45) is 0 Å². The van der Waals surface area contributed by atoms with E-state index < -0.39 is 5.97 Å². The normalized spacial score (nSPS) is 21.9. The summed E-state index contributed by atoms with van der Waals surface area (Å²) in [7, 11) is 0. The van der Waals surface area contributed by atoms with Crippen molar-refractivity contribution in [3.05, 3.63) is 0 Å². The van der Waals surface area contributed by atoms with E-state index in [1.165, 1.54) is 0 Å². The summed E-state index contributed by atoms with van der Waals surface area (Å²) in [6.45, 7) is 5.12. The van der Waals surface area contributed by atoms with Crippen LogP contribution >= 0.6 is 0 Å². The Kier molecular flexibility index (Phi) is 5.41. The fourth-order valence-electron chi connectivity index (χ4n) is 2.31. The van der Waals surface area contributed by atoms with Crippen molar-refractivity contribution in [2.45, 2.75) is 51.6 Å². The molecule has 2 N–H and O–H groups in total. The zero-order valence-electron chi connectivity index (χ0n) is 10.6. The number of rotatable bonds is 5. The Morgan fingerprint density at radius 2 is 2.18 bits per heavy atom. The molecule has 0 aromatic rings. The maximum atomic E-state index is 12.2. The molecule has 1 heterocycles. The third-order valence-electron chi connectivity index (χ3n) is 3.23. The number of amides is 1. The largest absolute Gasteiger partial charge is 0.481 e. The van der Waals surface area contributed by atoms with Gasteiger partial charge in [0.05, 0.1) is 12.5 Å². The number of aliphatic carboxylic acids is 1. The summed E-state index contributed by atoms with van der Waals surface area (Å²) in [6, 6.07) is -0.367. The minimum Gasteiger partial charge on any atom is -0.481 e. The number of hydrogen-bond acceptors (Lipinski definition) is 3. The Morgan fingerprint density at radius 1 is 1.47 bits per heavy atom. The van der Waals surface area contributed by atoms with Crippen LogP contribution in [0.2, 0.25) is 0 Å². The molecule has 98 valence electrons. The number of piperidine rings is 1. The standard InChI is InChI=1S/C12H22N2O3/c1-3-14(9(2)8-11(15)16)12(17)10-6-4-5-7-13-10/h9-10,13H,3-8H2,1-2H3,(H,15,16). The van der Waals surface area contributed by atoms with Gasteiger partial charge in [-0.2, -0.15) is 0 Å². The van der Waals surface area contributed by atoms with Gasteiger partial charge in [0.25, 0.3) is 0 Å². The third kappa shape index (κ3) is 4.00. The molecule has 0 radical (unpaired) electrons. The van der Waals surface area contributed by atoms with Crippen molar-refractivity contribution in [3.63, 3.8) is 0 Å². The van der Waals surface area contributed by atoms with Gasteiger partial charge in [-0.05, 0) is 33.2 Å². The smallest absolute Gasteiger partial charge is 0.305 e. The maximum absolute atomic E-state index is 12.2. The van der Waals surface area contributed by atoms with Crippen LogP contribution in [0.25, 0.3) is 0 Å². The molecule has 1 fully saturated rings. The number of carboxylic acids is 1. The lowest BCUT2D eigenvalue weighted by atomic mass is 10.0. The third-order valence-corrected chi connectivity index (χ3v) is 3.23. The Balaban J connectivity index is 2.58. The van der Waals surface area contributed by atoms with E-state index >= 15 is 0 Å². The second kappa shape index (κ2) is 6.59. The van der Waals surface area contributed by atoms with E-state index in [0.717, 1.165) is 25.8 Å². The molecule has 2 atom stereocenters. The first-order chi connectivity index (χ1) is 8.06. The molecular formula is C12H22N2O3. The summed E-state index contributed by atoms with van der Waals surface area (Å²) >= 11 is 0. The molecule has 1 aliphatic rings. The highest BCUT2D eigenvalue weighted by molar-refractivity contribution is 5.82. The molecule has 17 heavy (non-hydrogen) atoms. The van der Waals surface area contributed by atoms with Crippen molar-refractivity contribution in [3.8, 4) is 0 Å². The maximum Gasteiger partial charge on any atom is 0.305 e. The number of hydrogen-bond donors (Lipinski definition) is 2. The summed E-state index contributed by atoms with van der Waals surface area (Å²) < 4.78 is 0. The second-order valence-electron chi connectivity index (χ2n) is 4.57. The molecule has 1 rings (SSSR count). The van der Waals surface area contributed by atoms with Gasteiger partial charge in [0.1, 0.15) is 0 Å². The lowest BCUT2D eigenvalue weighted by Gasteiger charge is -2.32. The molecule has 0 aromatic heterocycles. The second-order valence-corrected chi connectivity index (χ2v) is 4.57. The summed E-state index contributed by atoms with van der Waals surface area (Å²) in [6.07, 6.45) is 3.04. The molecular weight excluding hydrogens is 220 g/mol. The average Bonchev–Trinajstić information content (AvgIpc) is 2.30. The van der Waals surface area contributed by atoms with Crippen LogP contribution in [0.15, 0.2) is 0 Å². The lowest BCUT2D eigenvalue weighted by molar-refractivity contribution is -0.141. The molecule has 1 saturated heterocycles. The molecule has 0 aromatic carbocycles. The number of carbonyl (C=O) groups excluding carboxylic acids is 1. The van der Waals surface area contributed by atoms with Crippen LogP contribution in [-0.4, -0.2) is 47.1 Å². The first-order valence-electron chi connectivity index (χ1n) is 6.32. The monoisotopic (exact) mass is 242 g/mol.